The number of fused-ring (bicyclic) bond motifs is 4. The normalized spacial score (nSPS) is 15.4. The van der Waals surface area contributed by atoms with Crippen molar-refractivity contribution in [2.75, 3.05) is 0 Å². The second kappa shape index (κ2) is 8.77. The molecule has 0 amide bonds. The van der Waals surface area contributed by atoms with E-state index in [-0.39, 0.29) is 5.56 Å². The maximum absolute atomic E-state index is 13.5. The number of aryl methyl sites for hydroxylation is 1. The lowest BCUT2D eigenvalue weighted by molar-refractivity contribution is 0.365. The minimum atomic E-state index is 0.0182. The predicted molar refractivity (Wildman–Crippen MR) is 125 cm³/mol. The first-order valence-corrected chi connectivity index (χ1v) is 11.9. The Morgan fingerprint density at radius 1 is 0.935 bits per heavy atom. The molecule has 6 heteroatoms. The Hall–Kier alpha value is -2.76. The molecule has 4 aromatic rings. The summed E-state index contributed by atoms with van der Waals surface area (Å²) < 4.78 is 3.99. The van der Waals surface area contributed by atoms with Gasteiger partial charge in [-0.2, -0.15) is 0 Å². The second-order valence-corrected chi connectivity index (χ2v) is 8.90. The molecule has 5 rings (SSSR count). The highest BCUT2D eigenvalue weighted by molar-refractivity contribution is 6.04. The summed E-state index contributed by atoms with van der Waals surface area (Å²) in [6, 6.07) is 8.25. The van der Waals surface area contributed by atoms with Crippen LogP contribution < -0.4 is 5.56 Å². The lowest BCUT2D eigenvalue weighted by Crippen LogP contribution is -2.21. The highest BCUT2D eigenvalue weighted by Gasteiger charge is 2.25. The van der Waals surface area contributed by atoms with Crippen LogP contribution in [0.1, 0.15) is 77.2 Å². The molecule has 6 nitrogen and oxygen atoms in total. The summed E-state index contributed by atoms with van der Waals surface area (Å²) in [6.45, 7) is 2.93. The number of nitrogens with zero attached hydrogens (tertiary/aromatic N) is 5. The van der Waals surface area contributed by atoms with E-state index in [0.29, 0.717) is 23.5 Å². The van der Waals surface area contributed by atoms with Crippen molar-refractivity contribution >= 4 is 33.2 Å². The molecule has 31 heavy (non-hydrogen) atoms. The molecule has 1 fully saturated rings. The van der Waals surface area contributed by atoms with Gasteiger partial charge in [0.2, 0.25) is 0 Å². The van der Waals surface area contributed by atoms with E-state index in [1.165, 1.54) is 38.5 Å². The van der Waals surface area contributed by atoms with Gasteiger partial charge in [-0.3, -0.25) is 9.36 Å². The van der Waals surface area contributed by atoms with Gasteiger partial charge in [0.05, 0.1) is 17.4 Å². The topological polar surface area (TPSA) is 65.6 Å². The lowest BCUT2D eigenvalue weighted by Gasteiger charge is -2.24. The van der Waals surface area contributed by atoms with Crippen LogP contribution in [0, 0.1) is 0 Å². The van der Waals surface area contributed by atoms with Crippen LogP contribution in [-0.4, -0.2) is 24.1 Å². The predicted octanol–water partition coefficient (Wildman–Crippen LogP) is 5.77. The van der Waals surface area contributed by atoms with Gasteiger partial charge >= 0.3 is 0 Å². The third-order valence-corrected chi connectivity index (χ3v) is 6.71. The molecule has 3 aromatic heterocycles. The summed E-state index contributed by atoms with van der Waals surface area (Å²) in [5.41, 5.74) is 3.98. The van der Waals surface area contributed by atoms with Crippen molar-refractivity contribution in [3.05, 3.63) is 40.9 Å². The first-order valence-electron chi connectivity index (χ1n) is 11.9. The number of hydrogen-bond acceptors (Lipinski definition) is 4. The summed E-state index contributed by atoms with van der Waals surface area (Å²) in [7, 11) is 0. The van der Waals surface area contributed by atoms with Crippen molar-refractivity contribution < 1.29 is 0 Å². The zero-order valence-electron chi connectivity index (χ0n) is 18.4. The second-order valence-electron chi connectivity index (χ2n) is 8.90. The SMILES string of the molecule is CCCCCCCn1cnc2c(c1=O)c1nc3ccccc3nc1n2C1CCCCC1. The van der Waals surface area contributed by atoms with Crippen molar-refractivity contribution in [1.82, 2.24) is 24.1 Å². The first kappa shape index (κ1) is 20.2. The molecular weight excluding hydrogens is 386 g/mol. The summed E-state index contributed by atoms with van der Waals surface area (Å²) >= 11 is 0. The Morgan fingerprint density at radius 3 is 2.45 bits per heavy atom. The van der Waals surface area contributed by atoms with Crippen LogP contribution in [0.2, 0.25) is 0 Å². The standard InChI is InChI=1S/C25H31N5O/c1-2-3-4-5-11-16-29-17-26-23-21(25(29)31)22-24(30(23)18-12-7-6-8-13-18)28-20-15-10-9-14-19(20)27-22/h9-10,14-15,17-18H,2-8,11-13,16H2,1H3. The highest BCUT2D eigenvalue weighted by Crippen LogP contribution is 2.35. The number of rotatable bonds is 7. The average Bonchev–Trinajstić information content (AvgIpc) is 3.13. The molecule has 0 radical (unpaired) electrons. The first-order chi connectivity index (χ1) is 15.3. The summed E-state index contributed by atoms with van der Waals surface area (Å²) in [6.07, 6.45) is 13.5. The Balaban J connectivity index is 1.66. The molecule has 0 saturated heterocycles. The smallest absolute Gasteiger partial charge is 0.265 e. The number of para-hydroxylation sites is 2. The van der Waals surface area contributed by atoms with E-state index in [1.54, 1.807) is 10.9 Å². The fraction of sp³-hybridized carbons (Fsp3) is 0.520. The van der Waals surface area contributed by atoms with Crippen LogP contribution >= 0.6 is 0 Å². The van der Waals surface area contributed by atoms with Gasteiger partial charge in [0.25, 0.3) is 5.56 Å². The lowest BCUT2D eigenvalue weighted by atomic mass is 9.95. The molecule has 0 unspecified atom stereocenters. The fourth-order valence-electron chi connectivity index (χ4n) is 5.03. The summed E-state index contributed by atoms with van der Waals surface area (Å²) in [4.78, 5) is 28.2. The van der Waals surface area contributed by atoms with Crippen LogP contribution in [0.15, 0.2) is 35.4 Å². The van der Waals surface area contributed by atoms with Gasteiger partial charge in [0.15, 0.2) is 11.3 Å². The fourth-order valence-corrected chi connectivity index (χ4v) is 5.03. The zero-order valence-corrected chi connectivity index (χ0v) is 18.4. The third kappa shape index (κ3) is 3.73. The van der Waals surface area contributed by atoms with E-state index >= 15 is 0 Å². The maximum atomic E-state index is 13.5. The molecule has 3 heterocycles. The van der Waals surface area contributed by atoms with Gasteiger partial charge < -0.3 is 4.57 Å². The maximum Gasteiger partial charge on any atom is 0.265 e. The van der Waals surface area contributed by atoms with Gasteiger partial charge in [0.1, 0.15) is 10.9 Å². The highest BCUT2D eigenvalue weighted by atomic mass is 16.1. The van der Waals surface area contributed by atoms with Crippen LogP contribution in [0.3, 0.4) is 0 Å². The van der Waals surface area contributed by atoms with E-state index in [9.17, 15) is 4.79 Å². The van der Waals surface area contributed by atoms with E-state index in [1.807, 2.05) is 24.3 Å². The number of aromatic nitrogens is 5. The van der Waals surface area contributed by atoms with Gasteiger partial charge in [-0.05, 0) is 31.4 Å². The van der Waals surface area contributed by atoms with Crippen molar-refractivity contribution in [1.29, 1.82) is 0 Å². The molecule has 0 bridgehead atoms. The number of hydrogen-bond donors (Lipinski definition) is 0. The Morgan fingerprint density at radius 2 is 1.68 bits per heavy atom. The monoisotopic (exact) mass is 417 g/mol. The van der Waals surface area contributed by atoms with E-state index in [0.717, 1.165) is 48.0 Å². The number of unbranched alkanes of at least 4 members (excludes halogenated alkanes) is 4. The van der Waals surface area contributed by atoms with Gasteiger partial charge in [-0.25, -0.2) is 15.0 Å². The van der Waals surface area contributed by atoms with E-state index < -0.39 is 0 Å². The molecule has 1 aliphatic carbocycles. The van der Waals surface area contributed by atoms with Crippen molar-refractivity contribution in [3.63, 3.8) is 0 Å². The largest absolute Gasteiger partial charge is 0.305 e. The molecule has 0 N–H and O–H groups in total. The number of benzene rings is 1. The molecular formula is C25H31N5O. The van der Waals surface area contributed by atoms with Crippen LogP contribution in [0.4, 0.5) is 0 Å². The van der Waals surface area contributed by atoms with Crippen LogP contribution in [-0.2, 0) is 6.54 Å². The Labute approximate surface area is 182 Å². The van der Waals surface area contributed by atoms with E-state index in [4.69, 9.17) is 15.0 Å². The quantitative estimate of drug-likeness (QED) is 0.358. The van der Waals surface area contributed by atoms with Crippen LogP contribution in [0.25, 0.3) is 33.2 Å². The molecule has 1 aliphatic rings. The molecule has 1 aromatic carbocycles. The summed E-state index contributed by atoms with van der Waals surface area (Å²) in [5.74, 6) is 0. The molecule has 0 aliphatic heterocycles. The molecule has 162 valence electrons. The molecule has 0 atom stereocenters. The van der Waals surface area contributed by atoms with Crippen molar-refractivity contribution in [3.8, 4) is 0 Å². The average molecular weight is 418 g/mol. The van der Waals surface area contributed by atoms with Gasteiger partial charge in [0, 0.05) is 12.6 Å². The molecule has 0 spiro atoms. The minimum absolute atomic E-state index is 0.0182. The van der Waals surface area contributed by atoms with E-state index in [2.05, 4.69) is 11.5 Å². The molecule has 1 saturated carbocycles. The van der Waals surface area contributed by atoms with Crippen LogP contribution in [0.5, 0.6) is 0 Å². The van der Waals surface area contributed by atoms with Gasteiger partial charge in [-0.15, -0.1) is 0 Å². The summed E-state index contributed by atoms with van der Waals surface area (Å²) in [5, 5.41) is 0.634. The Bertz CT molecular complexity index is 1270. The third-order valence-electron chi connectivity index (χ3n) is 6.71. The zero-order chi connectivity index (χ0) is 21.2. The van der Waals surface area contributed by atoms with Crippen molar-refractivity contribution in [2.45, 2.75) is 83.7 Å². The van der Waals surface area contributed by atoms with Gasteiger partial charge in [-0.1, -0.05) is 64.0 Å². The van der Waals surface area contributed by atoms with Crippen molar-refractivity contribution in [2.24, 2.45) is 0 Å². The Kier molecular flexibility index (Phi) is 5.70. The minimum Gasteiger partial charge on any atom is -0.305 e.